The number of rotatable bonds is 4. The number of fused-ring (bicyclic) bond motifs is 1. The number of halogens is 2. The summed E-state index contributed by atoms with van der Waals surface area (Å²) in [6, 6.07) is 10.1. The highest BCUT2D eigenvalue weighted by Crippen LogP contribution is 2.30. The topological polar surface area (TPSA) is 55.6 Å². The second-order valence-corrected chi connectivity index (χ2v) is 6.89. The van der Waals surface area contributed by atoms with Crippen LogP contribution in [0.1, 0.15) is 19.9 Å². The number of hydrogen-bond donors (Lipinski definition) is 1. The highest BCUT2D eigenvalue weighted by Gasteiger charge is 2.13. The lowest BCUT2D eigenvalue weighted by atomic mass is 10.1. The molecule has 0 spiro atoms. The maximum atomic E-state index is 14.2. The van der Waals surface area contributed by atoms with Crippen LogP contribution in [-0.4, -0.2) is 19.7 Å². The van der Waals surface area contributed by atoms with Gasteiger partial charge in [-0.1, -0.05) is 11.6 Å². The molecule has 0 saturated carbocycles. The average Bonchev–Trinajstić information content (AvgIpc) is 3.09. The first-order valence-electron chi connectivity index (χ1n) is 8.53. The minimum atomic E-state index is -0.367. The van der Waals surface area contributed by atoms with Crippen molar-refractivity contribution in [3.8, 4) is 11.3 Å². The molecule has 0 amide bonds. The molecule has 0 fully saturated rings. The molecular formula is C20H17ClFN5. The van der Waals surface area contributed by atoms with Gasteiger partial charge < -0.3 is 5.32 Å². The van der Waals surface area contributed by atoms with Crippen molar-refractivity contribution in [3.05, 3.63) is 65.8 Å². The first-order chi connectivity index (χ1) is 13.0. The molecule has 27 heavy (non-hydrogen) atoms. The van der Waals surface area contributed by atoms with E-state index >= 15 is 0 Å². The zero-order chi connectivity index (χ0) is 19.0. The summed E-state index contributed by atoms with van der Waals surface area (Å²) in [4.78, 5) is 8.66. The normalized spacial score (nSPS) is 11.3. The van der Waals surface area contributed by atoms with Crippen LogP contribution >= 0.6 is 11.6 Å². The van der Waals surface area contributed by atoms with Gasteiger partial charge in [-0.3, -0.25) is 14.6 Å². The van der Waals surface area contributed by atoms with E-state index in [1.165, 1.54) is 12.1 Å². The van der Waals surface area contributed by atoms with Crippen molar-refractivity contribution >= 4 is 34.0 Å². The first kappa shape index (κ1) is 17.4. The number of nitrogens with one attached hydrogen (secondary N) is 1. The maximum Gasteiger partial charge on any atom is 0.132 e. The van der Waals surface area contributed by atoms with Crippen molar-refractivity contribution in [2.45, 2.75) is 19.9 Å². The Morgan fingerprint density at radius 1 is 1.07 bits per heavy atom. The number of pyridine rings is 2. The third-order valence-electron chi connectivity index (χ3n) is 4.22. The second kappa shape index (κ2) is 6.96. The average molecular weight is 382 g/mol. The molecule has 0 aliphatic carbocycles. The molecule has 136 valence electrons. The molecule has 0 atom stereocenters. The molecule has 1 N–H and O–H groups in total. The minimum Gasteiger partial charge on any atom is -0.354 e. The highest BCUT2D eigenvalue weighted by molar-refractivity contribution is 6.30. The first-order valence-corrected chi connectivity index (χ1v) is 8.91. The van der Waals surface area contributed by atoms with Crippen LogP contribution < -0.4 is 5.32 Å². The molecule has 0 aliphatic heterocycles. The summed E-state index contributed by atoms with van der Waals surface area (Å²) >= 11 is 6.01. The van der Waals surface area contributed by atoms with Gasteiger partial charge in [0, 0.05) is 34.7 Å². The van der Waals surface area contributed by atoms with Gasteiger partial charge in [0.05, 0.1) is 17.6 Å². The Bertz CT molecular complexity index is 1120. The van der Waals surface area contributed by atoms with Crippen LogP contribution in [0.3, 0.4) is 0 Å². The monoisotopic (exact) mass is 381 g/mol. The molecule has 5 nitrogen and oxygen atoms in total. The zero-order valence-corrected chi connectivity index (χ0v) is 15.6. The minimum absolute atomic E-state index is 0.195. The van der Waals surface area contributed by atoms with E-state index in [-0.39, 0.29) is 11.9 Å². The van der Waals surface area contributed by atoms with Crippen molar-refractivity contribution in [1.82, 2.24) is 19.7 Å². The summed E-state index contributed by atoms with van der Waals surface area (Å²) in [6.07, 6.45) is 5.12. The third kappa shape index (κ3) is 3.36. The van der Waals surface area contributed by atoms with Crippen LogP contribution in [0, 0.1) is 5.82 Å². The summed E-state index contributed by atoms with van der Waals surface area (Å²) in [5.74, 6) is -0.367. The smallest absolute Gasteiger partial charge is 0.132 e. The third-order valence-corrected chi connectivity index (χ3v) is 4.45. The molecule has 7 heteroatoms. The lowest BCUT2D eigenvalue weighted by molar-refractivity contribution is 0.551. The number of nitrogens with zero attached hydrogens (tertiary/aromatic N) is 4. The Morgan fingerprint density at radius 2 is 1.89 bits per heavy atom. The molecule has 3 heterocycles. The van der Waals surface area contributed by atoms with Gasteiger partial charge >= 0.3 is 0 Å². The molecule has 3 aromatic heterocycles. The second-order valence-electron chi connectivity index (χ2n) is 6.45. The van der Waals surface area contributed by atoms with Gasteiger partial charge in [-0.15, -0.1) is 0 Å². The Kier molecular flexibility index (Phi) is 4.49. The molecule has 0 radical (unpaired) electrons. The summed E-state index contributed by atoms with van der Waals surface area (Å²) in [6.45, 7) is 4.13. The summed E-state index contributed by atoms with van der Waals surface area (Å²) in [7, 11) is 0. The van der Waals surface area contributed by atoms with Gasteiger partial charge in [-0.2, -0.15) is 5.10 Å². The Labute approximate surface area is 160 Å². The van der Waals surface area contributed by atoms with E-state index in [4.69, 9.17) is 11.6 Å². The Balaban J connectivity index is 1.75. The predicted octanol–water partition coefficient (Wildman–Crippen LogP) is 5.61. The summed E-state index contributed by atoms with van der Waals surface area (Å²) in [5.41, 5.74) is 4.24. The summed E-state index contributed by atoms with van der Waals surface area (Å²) < 4.78 is 16.1. The van der Waals surface area contributed by atoms with E-state index in [0.29, 0.717) is 16.3 Å². The SMILES string of the molecule is CC(C)n1ncc2nccc(Nc3ccnc(-c4cc(Cl)ccc4F)c3)c21. The van der Waals surface area contributed by atoms with Crippen molar-refractivity contribution in [2.24, 2.45) is 0 Å². The summed E-state index contributed by atoms with van der Waals surface area (Å²) in [5, 5.41) is 8.26. The van der Waals surface area contributed by atoms with Crippen LogP contribution in [0.4, 0.5) is 15.8 Å². The molecule has 0 saturated heterocycles. The fourth-order valence-electron chi connectivity index (χ4n) is 2.98. The lowest BCUT2D eigenvalue weighted by Gasteiger charge is -2.13. The van der Waals surface area contributed by atoms with Crippen molar-refractivity contribution in [2.75, 3.05) is 5.32 Å². The molecular weight excluding hydrogens is 365 g/mol. The maximum absolute atomic E-state index is 14.2. The van der Waals surface area contributed by atoms with Crippen LogP contribution in [-0.2, 0) is 0 Å². The van der Waals surface area contributed by atoms with Crippen molar-refractivity contribution < 1.29 is 4.39 Å². The highest BCUT2D eigenvalue weighted by atomic mass is 35.5. The zero-order valence-electron chi connectivity index (χ0n) is 14.8. The molecule has 0 unspecified atom stereocenters. The fourth-order valence-corrected chi connectivity index (χ4v) is 3.15. The fraction of sp³-hybridized carbons (Fsp3) is 0.150. The van der Waals surface area contributed by atoms with Gasteiger partial charge in [-0.05, 0) is 50.2 Å². The van der Waals surface area contributed by atoms with Crippen LogP contribution in [0.2, 0.25) is 5.02 Å². The number of aromatic nitrogens is 4. The van der Waals surface area contributed by atoms with E-state index in [0.717, 1.165) is 22.4 Å². The van der Waals surface area contributed by atoms with Crippen LogP contribution in [0.5, 0.6) is 0 Å². The molecule has 0 aliphatic rings. The molecule has 4 aromatic rings. The molecule has 1 aromatic carbocycles. The lowest BCUT2D eigenvalue weighted by Crippen LogP contribution is -2.04. The quantitative estimate of drug-likeness (QED) is 0.499. The van der Waals surface area contributed by atoms with Gasteiger partial charge in [0.1, 0.15) is 16.9 Å². The van der Waals surface area contributed by atoms with Gasteiger partial charge in [0.25, 0.3) is 0 Å². The van der Waals surface area contributed by atoms with Gasteiger partial charge in [0.15, 0.2) is 0 Å². The molecule has 0 bridgehead atoms. The van der Waals surface area contributed by atoms with Crippen LogP contribution in [0.15, 0.2) is 55.0 Å². The predicted molar refractivity (Wildman–Crippen MR) is 106 cm³/mol. The standard InChI is InChI=1S/C20H17ClFN5/c1-12(2)27-20-17(6-8-24-19(20)11-25-27)26-14-5-7-23-18(10-14)15-9-13(21)3-4-16(15)22/h3-12H,1-2H3,(H,23,24,26). The molecule has 4 rings (SSSR count). The van der Waals surface area contributed by atoms with E-state index in [2.05, 4.69) is 34.2 Å². The van der Waals surface area contributed by atoms with Gasteiger partial charge in [-0.25, -0.2) is 4.39 Å². The van der Waals surface area contributed by atoms with Crippen LogP contribution in [0.25, 0.3) is 22.3 Å². The Morgan fingerprint density at radius 3 is 2.70 bits per heavy atom. The number of hydrogen-bond acceptors (Lipinski definition) is 4. The van der Waals surface area contributed by atoms with Crippen molar-refractivity contribution in [3.63, 3.8) is 0 Å². The Hall–Kier alpha value is -2.99. The van der Waals surface area contributed by atoms with E-state index in [1.807, 2.05) is 16.8 Å². The largest absolute Gasteiger partial charge is 0.354 e. The van der Waals surface area contributed by atoms with E-state index < -0.39 is 0 Å². The van der Waals surface area contributed by atoms with Gasteiger partial charge in [0.2, 0.25) is 0 Å². The van der Waals surface area contributed by atoms with E-state index in [1.54, 1.807) is 30.7 Å². The van der Waals surface area contributed by atoms with Crippen molar-refractivity contribution in [1.29, 1.82) is 0 Å². The number of benzene rings is 1. The number of anilines is 2. The van der Waals surface area contributed by atoms with E-state index in [9.17, 15) is 4.39 Å².